The molecule has 0 N–H and O–H groups in total. The molecular weight excluding hydrogens is 236 g/mol. The van der Waals surface area contributed by atoms with E-state index in [-0.39, 0.29) is 5.41 Å². The summed E-state index contributed by atoms with van der Waals surface area (Å²) in [6.07, 6.45) is 0. The zero-order chi connectivity index (χ0) is 11.8. The molecule has 0 saturated carbocycles. The maximum absolute atomic E-state index is 6.00. The molecule has 0 bridgehead atoms. The lowest BCUT2D eigenvalue weighted by Gasteiger charge is -2.22. The van der Waals surface area contributed by atoms with Crippen LogP contribution in [0.25, 0.3) is 10.4 Å². The van der Waals surface area contributed by atoms with Gasteiger partial charge >= 0.3 is 0 Å². The predicted octanol–water partition coefficient (Wildman–Crippen LogP) is 5.37. The summed E-state index contributed by atoms with van der Waals surface area (Å²) in [5.74, 6) is 0. The quantitative estimate of drug-likeness (QED) is 0.639. The first-order chi connectivity index (χ1) is 7.48. The van der Waals surface area contributed by atoms with Crippen LogP contribution in [0.3, 0.4) is 0 Å². The number of hydrogen-bond donors (Lipinski definition) is 0. The Morgan fingerprint density at radius 3 is 2.25 bits per heavy atom. The van der Waals surface area contributed by atoms with Gasteiger partial charge in [0.05, 0.1) is 4.34 Å². The van der Waals surface area contributed by atoms with Crippen LogP contribution in [0.5, 0.6) is 0 Å². The van der Waals surface area contributed by atoms with Gasteiger partial charge in [0.2, 0.25) is 0 Å². The van der Waals surface area contributed by atoms with Gasteiger partial charge in [-0.25, -0.2) is 0 Å². The Morgan fingerprint density at radius 1 is 1.00 bits per heavy atom. The highest BCUT2D eigenvalue weighted by Gasteiger charge is 2.18. The number of halogens is 1. The van der Waals surface area contributed by atoms with Gasteiger partial charge in [0.25, 0.3) is 0 Å². The second-order valence-corrected chi connectivity index (χ2v) is 6.61. The summed E-state index contributed by atoms with van der Waals surface area (Å²) < 4.78 is 0.846. The van der Waals surface area contributed by atoms with E-state index in [2.05, 4.69) is 51.1 Å². The normalized spacial score (nSPS) is 11.8. The lowest BCUT2D eigenvalue weighted by atomic mass is 9.83. The van der Waals surface area contributed by atoms with Gasteiger partial charge in [0.15, 0.2) is 0 Å². The number of benzene rings is 1. The maximum Gasteiger partial charge on any atom is 0.0934 e. The molecule has 0 amide bonds. The summed E-state index contributed by atoms with van der Waals surface area (Å²) in [6.45, 7) is 6.71. The minimum atomic E-state index is 0.160. The molecule has 1 aromatic carbocycles. The van der Waals surface area contributed by atoms with E-state index >= 15 is 0 Å². The third kappa shape index (κ3) is 2.31. The van der Waals surface area contributed by atoms with Crippen molar-refractivity contribution in [3.63, 3.8) is 0 Å². The summed E-state index contributed by atoms with van der Waals surface area (Å²) in [5, 5.41) is 0. The average Bonchev–Trinajstić information content (AvgIpc) is 2.64. The molecule has 0 radical (unpaired) electrons. The Balaban J connectivity index is 2.57. The van der Waals surface area contributed by atoms with Crippen LogP contribution in [0.15, 0.2) is 36.4 Å². The van der Waals surface area contributed by atoms with Crippen LogP contribution in [0.4, 0.5) is 0 Å². The van der Waals surface area contributed by atoms with Crippen molar-refractivity contribution in [1.29, 1.82) is 0 Å². The van der Waals surface area contributed by atoms with Crippen LogP contribution in [-0.2, 0) is 5.41 Å². The van der Waals surface area contributed by atoms with Crippen LogP contribution in [0.2, 0.25) is 4.34 Å². The predicted molar refractivity (Wildman–Crippen MR) is 73.5 cm³/mol. The monoisotopic (exact) mass is 250 g/mol. The summed E-state index contributed by atoms with van der Waals surface area (Å²) in [7, 11) is 0. The van der Waals surface area contributed by atoms with Crippen molar-refractivity contribution >= 4 is 22.9 Å². The molecule has 0 aliphatic carbocycles. The van der Waals surface area contributed by atoms with E-state index in [1.54, 1.807) is 11.3 Å². The number of rotatable bonds is 1. The van der Waals surface area contributed by atoms with Gasteiger partial charge in [0.1, 0.15) is 0 Å². The lowest BCUT2D eigenvalue weighted by molar-refractivity contribution is 0.592. The van der Waals surface area contributed by atoms with Crippen LogP contribution in [0, 0.1) is 0 Å². The van der Waals surface area contributed by atoms with Gasteiger partial charge in [-0.05, 0) is 28.7 Å². The van der Waals surface area contributed by atoms with Gasteiger partial charge in [0, 0.05) is 4.88 Å². The molecule has 1 aromatic heterocycles. The van der Waals surface area contributed by atoms with E-state index in [9.17, 15) is 0 Å². The fraction of sp³-hybridized carbons (Fsp3) is 0.286. The van der Waals surface area contributed by atoms with Gasteiger partial charge in [-0.1, -0.05) is 56.6 Å². The van der Waals surface area contributed by atoms with E-state index in [4.69, 9.17) is 11.6 Å². The van der Waals surface area contributed by atoms with Crippen molar-refractivity contribution in [3.05, 3.63) is 46.3 Å². The standard InChI is InChI=1S/C14H15ClS/c1-14(2,3)11-7-5-4-6-10(11)12-8-9-13(15)16-12/h4-9H,1-3H3. The Bertz CT molecular complexity index is 491. The van der Waals surface area contributed by atoms with Gasteiger partial charge in [-0.15, -0.1) is 11.3 Å². The Morgan fingerprint density at radius 2 is 1.69 bits per heavy atom. The topological polar surface area (TPSA) is 0 Å². The van der Waals surface area contributed by atoms with Crippen molar-refractivity contribution in [1.82, 2.24) is 0 Å². The van der Waals surface area contributed by atoms with Crippen molar-refractivity contribution in [2.75, 3.05) is 0 Å². The molecular formula is C14H15ClS. The third-order valence-corrected chi connectivity index (χ3v) is 3.84. The van der Waals surface area contributed by atoms with E-state index in [1.165, 1.54) is 16.0 Å². The number of thiophene rings is 1. The SMILES string of the molecule is CC(C)(C)c1ccccc1-c1ccc(Cl)s1. The largest absolute Gasteiger partial charge is 0.123 e. The highest BCUT2D eigenvalue weighted by atomic mass is 35.5. The fourth-order valence-electron chi connectivity index (χ4n) is 1.81. The molecule has 2 heteroatoms. The number of hydrogen-bond acceptors (Lipinski definition) is 1. The molecule has 0 fully saturated rings. The average molecular weight is 251 g/mol. The first-order valence-electron chi connectivity index (χ1n) is 5.34. The molecule has 84 valence electrons. The van der Waals surface area contributed by atoms with Crippen molar-refractivity contribution < 1.29 is 0 Å². The summed E-state index contributed by atoms with van der Waals surface area (Å²) in [6, 6.07) is 12.6. The molecule has 2 aromatic rings. The van der Waals surface area contributed by atoms with Crippen molar-refractivity contribution in [2.45, 2.75) is 26.2 Å². The zero-order valence-electron chi connectivity index (χ0n) is 9.75. The van der Waals surface area contributed by atoms with Crippen molar-refractivity contribution in [3.8, 4) is 10.4 Å². The van der Waals surface area contributed by atoms with E-state index in [1.807, 2.05) is 6.07 Å². The van der Waals surface area contributed by atoms with Crippen molar-refractivity contribution in [2.24, 2.45) is 0 Å². The second kappa shape index (κ2) is 4.23. The van der Waals surface area contributed by atoms with Crippen LogP contribution < -0.4 is 0 Å². The molecule has 0 aliphatic rings. The molecule has 16 heavy (non-hydrogen) atoms. The first kappa shape index (κ1) is 11.7. The van der Waals surface area contributed by atoms with E-state index in [0.717, 1.165) is 4.34 Å². The Kier molecular flexibility index (Phi) is 3.09. The van der Waals surface area contributed by atoms with Gasteiger partial charge in [-0.3, -0.25) is 0 Å². The fourth-order valence-corrected chi connectivity index (χ4v) is 2.89. The summed E-state index contributed by atoms with van der Waals surface area (Å²) >= 11 is 7.63. The molecule has 0 unspecified atom stereocenters. The molecule has 2 rings (SSSR count). The molecule has 0 aliphatic heterocycles. The smallest absolute Gasteiger partial charge is 0.0934 e. The lowest BCUT2D eigenvalue weighted by Crippen LogP contribution is -2.12. The van der Waals surface area contributed by atoms with Gasteiger partial charge < -0.3 is 0 Å². The second-order valence-electron chi connectivity index (χ2n) is 4.90. The van der Waals surface area contributed by atoms with Crippen LogP contribution in [-0.4, -0.2) is 0 Å². The van der Waals surface area contributed by atoms with Crippen LogP contribution in [0.1, 0.15) is 26.3 Å². The van der Waals surface area contributed by atoms with Crippen LogP contribution >= 0.6 is 22.9 Å². The van der Waals surface area contributed by atoms with E-state index in [0.29, 0.717) is 0 Å². The molecule has 0 nitrogen and oxygen atoms in total. The third-order valence-electron chi connectivity index (χ3n) is 2.57. The minimum absolute atomic E-state index is 0.160. The Labute approximate surface area is 106 Å². The van der Waals surface area contributed by atoms with Gasteiger partial charge in [-0.2, -0.15) is 0 Å². The molecule has 1 heterocycles. The molecule has 0 atom stereocenters. The first-order valence-corrected chi connectivity index (χ1v) is 6.53. The molecule has 0 saturated heterocycles. The maximum atomic E-state index is 6.00. The highest BCUT2D eigenvalue weighted by molar-refractivity contribution is 7.19. The Hall–Kier alpha value is -0.790. The summed E-state index contributed by atoms with van der Waals surface area (Å²) in [5.41, 5.74) is 2.83. The minimum Gasteiger partial charge on any atom is -0.123 e. The summed E-state index contributed by atoms with van der Waals surface area (Å²) in [4.78, 5) is 1.25. The highest BCUT2D eigenvalue weighted by Crippen LogP contribution is 2.37. The van der Waals surface area contributed by atoms with E-state index < -0.39 is 0 Å². The molecule has 0 spiro atoms. The zero-order valence-corrected chi connectivity index (χ0v) is 11.3.